The maximum atomic E-state index is 13.7. The number of hydrogen-bond donors (Lipinski definition) is 1. The maximum Gasteiger partial charge on any atom is 0.178 e. The zero-order valence-corrected chi connectivity index (χ0v) is 13.0. The minimum Gasteiger partial charge on any atom is -0.331 e. The zero-order chi connectivity index (χ0) is 12.9. The van der Waals surface area contributed by atoms with Crippen LogP contribution in [0.2, 0.25) is 0 Å². The van der Waals surface area contributed by atoms with E-state index in [9.17, 15) is 4.39 Å². The SMILES string of the molecule is CC(Cn1c(=S)[nH]c2cc(I)c(F)cc21)C1CC1. The topological polar surface area (TPSA) is 20.7 Å². The van der Waals surface area contributed by atoms with Gasteiger partial charge in [-0.15, -0.1) is 0 Å². The van der Waals surface area contributed by atoms with E-state index in [1.807, 2.05) is 33.2 Å². The van der Waals surface area contributed by atoms with Gasteiger partial charge in [-0.05, 0) is 65.6 Å². The van der Waals surface area contributed by atoms with Gasteiger partial charge < -0.3 is 9.55 Å². The lowest BCUT2D eigenvalue weighted by molar-refractivity contribution is 0.433. The molecule has 1 fully saturated rings. The van der Waals surface area contributed by atoms with E-state index in [1.54, 1.807) is 6.07 Å². The van der Waals surface area contributed by atoms with E-state index < -0.39 is 0 Å². The Bertz CT molecular complexity index is 657. The molecule has 0 saturated heterocycles. The second-order valence-corrected chi connectivity index (χ2v) is 6.69. The van der Waals surface area contributed by atoms with E-state index in [-0.39, 0.29) is 5.82 Å². The number of hydrogen-bond acceptors (Lipinski definition) is 1. The molecule has 1 heterocycles. The van der Waals surface area contributed by atoms with Crippen molar-refractivity contribution in [3.8, 4) is 0 Å². The number of fused-ring (bicyclic) bond motifs is 1. The van der Waals surface area contributed by atoms with Gasteiger partial charge in [-0.25, -0.2) is 4.39 Å². The minimum absolute atomic E-state index is 0.176. The van der Waals surface area contributed by atoms with Gasteiger partial charge in [0.2, 0.25) is 0 Å². The van der Waals surface area contributed by atoms with Crippen LogP contribution in [0.1, 0.15) is 19.8 Å². The normalized spacial score (nSPS) is 17.3. The van der Waals surface area contributed by atoms with E-state index in [0.29, 0.717) is 14.3 Å². The molecular weight excluding hydrogens is 362 g/mol. The van der Waals surface area contributed by atoms with Crippen LogP contribution in [0.4, 0.5) is 4.39 Å². The van der Waals surface area contributed by atoms with Crippen LogP contribution in [0.25, 0.3) is 11.0 Å². The smallest absolute Gasteiger partial charge is 0.178 e. The van der Waals surface area contributed by atoms with Crippen LogP contribution in [0.15, 0.2) is 12.1 Å². The molecule has 0 amide bonds. The minimum atomic E-state index is -0.176. The van der Waals surface area contributed by atoms with Crippen molar-refractivity contribution in [3.05, 3.63) is 26.3 Å². The average Bonchev–Trinajstić information content (AvgIpc) is 3.10. The summed E-state index contributed by atoms with van der Waals surface area (Å²) in [6, 6.07) is 3.41. The molecule has 0 aliphatic heterocycles. The van der Waals surface area contributed by atoms with Gasteiger partial charge in [-0.3, -0.25) is 0 Å². The third-order valence-corrected chi connectivity index (χ3v) is 4.86. The molecule has 1 atom stereocenters. The number of aromatic amines is 1. The van der Waals surface area contributed by atoms with Gasteiger partial charge in [0.05, 0.1) is 14.6 Å². The largest absolute Gasteiger partial charge is 0.331 e. The van der Waals surface area contributed by atoms with Crippen molar-refractivity contribution in [2.45, 2.75) is 26.3 Å². The van der Waals surface area contributed by atoms with Gasteiger partial charge in [-0.1, -0.05) is 6.92 Å². The number of aromatic nitrogens is 2. The predicted molar refractivity (Wildman–Crippen MR) is 81.7 cm³/mol. The molecule has 1 aromatic heterocycles. The first kappa shape index (κ1) is 12.6. The van der Waals surface area contributed by atoms with Crippen molar-refractivity contribution in [1.82, 2.24) is 9.55 Å². The molecule has 1 saturated carbocycles. The molecule has 1 aliphatic rings. The summed E-state index contributed by atoms with van der Waals surface area (Å²) < 4.78 is 17.0. The summed E-state index contributed by atoms with van der Waals surface area (Å²) in [4.78, 5) is 3.17. The van der Waals surface area contributed by atoms with Gasteiger partial charge in [0.1, 0.15) is 5.82 Å². The molecule has 1 aromatic carbocycles. The highest BCUT2D eigenvalue weighted by atomic mass is 127. The molecule has 2 nitrogen and oxygen atoms in total. The van der Waals surface area contributed by atoms with Gasteiger partial charge >= 0.3 is 0 Å². The maximum absolute atomic E-state index is 13.7. The van der Waals surface area contributed by atoms with Crippen LogP contribution in [-0.2, 0) is 6.54 Å². The van der Waals surface area contributed by atoms with E-state index >= 15 is 0 Å². The second kappa shape index (κ2) is 4.59. The molecule has 1 N–H and O–H groups in total. The fourth-order valence-corrected chi connectivity index (χ4v) is 3.19. The monoisotopic (exact) mass is 376 g/mol. The third kappa shape index (κ3) is 2.22. The Kier molecular flexibility index (Phi) is 3.21. The third-order valence-electron chi connectivity index (χ3n) is 3.71. The summed E-state index contributed by atoms with van der Waals surface area (Å²) in [7, 11) is 0. The molecule has 5 heteroatoms. The van der Waals surface area contributed by atoms with Crippen LogP contribution in [0.5, 0.6) is 0 Å². The summed E-state index contributed by atoms with van der Waals surface area (Å²) in [5.74, 6) is 1.26. The van der Waals surface area contributed by atoms with Crippen molar-refractivity contribution < 1.29 is 4.39 Å². The second-order valence-electron chi connectivity index (χ2n) is 5.14. The highest BCUT2D eigenvalue weighted by molar-refractivity contribution is 14.1. The lowest BCUT2D eigenvalue weighted by Gasteiger charge is -2.11. The number of nitrogens with one attached hydrogen (secondary N) is 1. The quantitative estimate of drug-likeness (QED) is 0.619. The molecule has 1 aliphatic carbocycles. The molecule has 18 heavy (non-hydrogen) atoms. The molecular formula is C13H14FIN2S. The number of imidazole rings is 1. The van der Waals surface area contributed by atoms with E-state index in [2.05, 4.69) is 11.9 Å². The summed E-state index contributed by atoms with van der Waals surface area (Å²) in [5, 5.41) is 0. The average molecular weight is 376 g/mol. The fraction of sp³-hybridized carbons (Fsp3) is 0.462. The Morgan fingerprint density at radius 3 is 2.94 bits per heavy atom. The van der Waals surface area contributed by atoms with Crippen LogP contribution < -0.4 is 0 Å². The molecule has 0 bridgehead atoms. The Hall–Kier alpha value is -0.430. The van der Waals surface area contributed by atoms with Crippen LogP contribution in [0.3, 0.4) is 0 Å². The van der Waals surface area contributed by atoms with Crippen molar-refractivity contribution >= 4 is 45.8 Å². The molecule has 3 rings (SSSR count). The Labute approximate surface area is 124 Å². The molecule has 0 radical (unpaired) electrons. The standard InChI is InChI=1S/C13H14FIN2S/c1-7(8-2-3-8)6-17-12-4-9(14)10(15)5-11(12)16-13(17)18/h4-5,7-8H,2-3,6H2,1H3,(H,16,18). The van der Waals surface area contributed by atoms with Gasteiger partial charge in [-0.2, -0.15) is 0 Å². The van der Waals surface area contributed by atoms with E-state index in [4.69, 9.17) is 12.2 Å². The summed E-state index contributed by atoms with van der Waals surface area (Å²) >= 11 is 7.35. The van der Waals surface area contributed by atoms with Gasteiger partial charge in [0.15, 0.2) is 4.77 Å². The van der Waals surface area contributed by atoms with Gasteiger partial charge in [0, 0.05) is 12.6 Å². The Morgan fingerprint density at radius 1 is 1.56 bits per heavy atom. The number of H-pyrrole nitrogens is 1. The molecule has 2 aromatic rings. The predicted octanol–water partition coefficient (Wildman–Crippen LogP) is 4.49. The lowest BCUT2D eigenvalue weighted by atomic mass is 10.1. The number of halogens is 2. The lowest BCUT2D eigenvalue weighted by Crippen LogP contribution is -2.09. The van der Waals surface area contributed by atoms with Crippen LogP contribution >= 0.6 is 34.8 Å². The van der Waals surface area contributed by atoms with Crippen molar-refractivity contribution in [2.75, 3.05) is 0 Å². The Morgan fingerprint density at radius 2 is 2.28 bits per heavy atom. The summed E-state index contributed by atoms with van der Waals surface area (Å²) in [5.41, 5.74) is 1.80. The molecule has 0 spiro atoms. The number of nitrogens with zero attached hydrogens (tertiary/aromatic N) is 1. The van der Waals surface area contributed by atoms with Gasteiger partial charge in [0.25, 0.3) is 0 Å². The van der Waals surface area contributed by atoms with E-state index in [0.717, 1.165) is 23.5 Å². The Balaban J connectivity index is 2.07. The summed E-state index contributed by atoms with van der Waals surface area (Å²) in [6.07, 6.45) is 2.65. The number of benzene rings is 1. The molecule has 96 valence electrons. The first-order valence-electron chi connectivity index (χ1n) is 6.14. The highest BCUT2D eigenvalue weighted by Crippen LogP contribution is 2.37. The van der Waals surface area contributed by atoms with Crippen molar-refractivity contribution in [1.29, 1.82) is 0 Å². The van der Waals surface area contributed by atoms with Crippen LogP contribution in [-0.4, -0.2) is 9.55 Å². The van der Waals surface area contributed by atoms with Crippen molar-refractivity contribution in [3.63, 3.8) is 0 Å². The molecule has 1 unspecified atom stereocenters. The highest BCUT2D eigenvalue weighted by Gasteiger charge is 2.28. The van der Waals surface area contributed by atoms with Crippen LogP contribution in [0, 0.1) is 26.0 Å². The van der Waals surface area contributed by atoms with Crippen molar-refractivity contribution in [2.24, 2.45) is 11.8 Å². The first-order chi connectivity index (χ1) is 8.56. The fourth-order valence-electron chi connectivity index (χ4n) is 2.44. The first-order valence-corrected chi connectivity index (χ1v) is 7.62. The summed E-state index contributed by atoms with van der Waals surface area (Å²) in [6.45, 7) is 3.13. The van der Waals surface area contributed by atoms with E-state index in [1.165, 1.54) is 12.8 Å². The zero-order valence-electron chi connectivity index (χ0n) is 10.0. The number of rotatable bonds is 3.